The number of anilines is 1. The maximum absolute atomic E-state index is 12.1. The van der Waals surface area contributed by atoms with Crippen LogP contribution >= 0.6 is 0 Å². The summed E-state index contributed by atoms with van der Waals surface area (Å²) in [7, 11) is 0. The van der Waals surface area contributed by atoms with Gasteiger partial charge in [-0.3, -0.25) is 9.89 Å². The van der Waals surface area contributed by atoms with Crippen molar-refractivity contribution in [2.75, 3.05) is 11.9 Å². The van der Waals surface area contributed by atoms with Crippen LogP contribution in [0.15, 0.2) is 12.4 Å². The van der Waals surface area contributed by atoms with Crippen LogP contribution in [0.4, 0.5) is 10.5 Å². The van der Waals surface area contributed by atoms with Gasteiger partial charge >= 0.3 is 12.0 Å². The Kier molecular flexibility index (Phi) is 4.30. The van der Waals surface area contributed by atoms with E-state index < -0.39 is 11.5 Å². The van der Waals surface area contributed by atoms with Gasteiger partial charge in [-0.05, 0) is 20.8 Å². The van der Waals surface area contributed by atoms with E-state index in [1.165, 1.54) is 11.1 Å². The van der Waals surface area contributed by atoms with Crippen LogP contribution in [0.3, 0.4) is 0 Å². The summed E-state index contributed by atoms with van der Waals surface area (Å²) >= 11 is 0. The van der Waals surface area contributed by atoms with Gasteiger partial charge in [0.1, 0.15) is 0 Å². The van der Waals surface area contributed by atoms with Crippen LogP contribution in [0.5, 0.6) is 0 Å². The van der Waals surface area contributed by atoms with Crippen molar-refractivity contribution in [3.05, 3.63) is 12.4 Å². The monoisotopic (exact) mass is 254 g/mol. The van der Waals surface area contributed by atoms with Gasteiger partial charge in [0.25, 0.3) is 0 Å². The number of hydrogen-bond donors (Lipinski definition) is 3. The van der Waals surface area contributed by atoms with Crippen molar-refractivity contribution in [2.45, 2.75) is 32.7 Å². The number of rotatable bonds is 4. The van der Waals surface area contributed by atoms with Crippen molar-refractivity contribution < 1.29 is 14.7 Å². The first-order valence-electron chi connectivity index (χ1n) is 5.60. The summed E-state index contributed by atoms with van der Waals surface area (Å²) in [6.45, 7) is 5.71. The van der Waals surface area contributed by atoms with Crippen LogP contribution in [0.2, 0.25) is 0 Å². The van der Waals surface area contributed by atoms with Crippen LogP contribution in [-0.2, 0) is 4.79 Å². The minimum absolute atomic E-state index is 0.0872. The van der Waals surface area contributed by atoms with Gasteiger partial charge in [-0.1, -0.05) is 0 Å². The number of carbonyl (C=O) groups excluding carboxylic acids is 1. The molecule has 0 atom stereocenters. The first-order chi connectivity index (χ1) is 8.30. The molecular weight excluding hydrogens is 236 g/mol. The third kappa shape index (κ3) is 4.08. The molecule has 0 radical (unpaired) electrons. The van der Waals surface area contributed by atoms with E-state index in [9.17, 15) is 9.59 Å². The van der Waals surface area contributed by atoms with E-state index in [2.05, 4.69) is 15.5 Å². The van der Waals surface area contributed by atoms with Gasteiger partial charge in [0.05, 0.1) is 18.3 Å². The first-order valence-corrected chi connectivity index (χ1v) is 5.60. The Hall–Kier alpha value is -2.05. The summed E-state index contributed by atoms with van der Waals surface area (Å²) in [6.07, 6.45) is 2.95. The third-order valence-electron chi connectivity index (χ3n) is 2.35. The SMILES string of the molecule is CC(C)(C)N(CCC(=O)O)C(=O)Nc1cn[nH]c1. The summed E-state index contributed by atoms with van der Waals surface area (Å²) in [4.78, 5) is 24.1. The van der Waals surface area contributed by atoms with Crippen molar-refractivity contribution in [2.24, 2.45) is 0 Å². The molecule has 1 aromatic heterocycles. The molecule has 0 aliphatic carbocycles. The molecule has 0 aromatic carbocycles. The summed E-state index contributed by atoms with van der Waals surface area (Å²) in [5.74, 6) is -0.930. The van der Waals surface area contributed by atoms with Gasteiger partial charge in [0.2, 0.25) is 0 Å². The molecule has 1 heterocycles. The zero-order valence-corrected chi connectivity index (χ0v) is 10.7. The minimum Gasteiger partial charge on any atom is -0.481 e. The Balaban J connectivity index is 2.70. The second-order valence-corrected chi connectivity index (χ2v) is 4.88. The average Bonchev–Trinajstić information content (AvgIpc) is 2.67. The summed E-state index contributed by atoms with van der Waals surface area (Å²) in [5.41, 5.74) is 0.0908. The topological polar surface area (TPSA) is 98.3 Å². The number of aromatic amines is 1. The van der Waals surface area contributed by atoms with E-state index in [0.717, 1.165) is 0 Å². The largest absolute Gasteiger partial charge is 0.481 e. The van der Waals surface area contributed by atoms with Crippen molar-refractivity contribution in [1.82, 2.24) is 15.1 Å². The number of carboxylic acids is 1. The molecule has 0 saturated carbocycles. The zero-order chi connectivity index (χ0) is 13.8. The molecular formula is C11H18N4O3. The average molecular weight is 254 g/mol. The van der Waals surface area contributed by atoms with Crippen LogP contribution in [0.25, 0.3) is 0 Å². The molecule has 0 aliphatic rings. The number of carbonyl (C=O) groups is 2. The highest BCUT2D eigenvalue weighted by atomic mass is 16.4. The van der Waals surface area contributed by atoms with Crippen LogP contribution in [-0.4, -0.2) is 44.3 Å². The fourth-order valence-corrected chi connectivity index (χ4v) is 1.46. The van der Waals surface area contributed by atoms with E-state index in [0.29, 0.717) is 5.69 Å². The molecule has 1 rings (SSSR count). The Bertz CT molecular complexity index is 408. The normalized spacial score (nSPS) is 11.1. The predicted octanol–water partition coefficient (Wildman–Crippen LogP) is 1.52. The van der Waals surface area contributed by atoms with E-state index in [1.54, 1.807) is 6.20 Å². The maximum Gasteiger partial charge on any atom is 0.322 e. The molecule has 7 heteroatoms. The lowest BCUT2D eigenvalue weighted by atomic mass is 10.1. The highest BCUT2D eigenvalue weighted by Crippen LogP contribution is 2.16. The van der Waals surface area contributed by atoms with Crippen LogP contribution < -0.4 is 5.32 Å². The van der Waals surface area contributed by atoms with Crippen LogP contribution in [0.1, 0.15) is 27.2 Å². The number of H-pyrrole nitrogens is 1. The van der Waals surface area contributed by atoms with E-state index in [-0.39, 0.29) is 19.0 Å². The van der Waals surface area contributed by atoms with Crippen molar-refractivity contribution in [3.63, 3.8) is 0 Å². The van der Waals surface area contributed by atoms with Crippen LogP contribution in [0, 0.1) is 0 Å². The molecule has 0 saturated heterocycles. The highest BCUT2D eigenvalue weighted by molar-refractivity contribution is 5.89. The van der Waals surface area contributed by atoms with Gasteiger partial charge < -0.3 is 15.3 Å². The molecule has 0 bridgehead atoms. The molecule has 1 aromatic rings. The molecule has 0 fully saturated rings. The van der Waals surface area contributed by atoms with Gasteiger partial charge in [0.15, 0.2) is 0 Å². The van der Waals surface area contributed by atoms with Gasteiger partial charge in [0, 0.05) is 18.3 Å². The number of amides is 2. The molecule has 7 nitrogen and oxygen atoms in total. The quantitative estimate of drug-likeness (QED) is 0.758. The van der Waals surface area contributed by atoms with Crippen molar-refractivity contribution in [3.8, 4) is 0 Å². The van der Waals surface area contributed by atoms with Gasteiger partial charge in [-0.15, -0.1) is 0 Å². The molecule has 18 heavy (non-hydrogen) atoms. The standard InChI is InChI=1S/C11H18N4O3/c1-11(2,3)15(5-4-9(16)17)10(18)14-8-6-12-13-7-8/h6-7H,4-5H2,1-3H3,(H,12,13)(H,14,18)(H,16,17). The van der Waals surface area contributed by atoms with Crippen molar-refractivity contribution in [1.29, 1.82) is 0 Å². The molecule has 0 spiro atoms. The minimum atomic E-state index is -0.930. The lowest BCUT2D eigenvalue weighted by Crippen LogP contribution is -2.48. The summed E-state index contributed by atoms with van der Waals surface area (Å²) in [6, 6.07) is -0.342. The molecule has 0 aliphatic heterocycles. The smallest absolute Gasteiger partial charge is 0.322 e. The fraction of sp³-hybridized carbons (Fsp3) is 0.545. The summed E-state index contributed by atoms with van der Waals surface area (Å²) < 4.78 is 0. The lowest BCUT2D eigenvalue weighted by molar-refractivity contribution is -0.137. The second-order valence-electron chi connectivity index (χ2n) is 4.88. The van der Waals surface area contributed by atoms with Crippen molar-refractivity contribution >= 4 is 17.7 Å². The predicted molar refractivity (Wildman–Crippen MR) is 66.3 cm³/mol. The number of carboxylic acid groups (broad SMARTS) is 1. The van der Waals surface area contributed by atoms with E-state index in [4.69, 9.17) is 5.11 Å². The Morgan fingerprint density at radius 2 is 2.17 bits per heavy atom. The Morgan fingerprint density at radius 3 is 2.61 bits per heavy atom. The Labute approximate surface area is 105 Å². The maximum atomic E-state index is 12.1. The highest BCUT2D eigenvalue weighted by Gasteiger charge is 2.26. The number of nitrogens with one attached hydrogen (secondary N) is 2. The first kappa shape index (κ1) is 14.0. The van der Waals surface area contributed by atoms with E-state index >= 15 is 0 Å². The third-order valence-corrected chi connectivity index (χ3v) is 2.35. The van der Waals surface area contributed by atoms with Gasteiger partial charge in [-0.2, -0.15) is 5.10 Å². The second kappa shape index (κ2) is 5.52. The Morgan fingerprint density at radius 1 is 1.50 bits per heavy atom. The molecule has 2 amide bonds. The van der Waals surface area contributed by atoms with Gasteiger partial charge in [-0.25, -0.2) is 4.79 Å². The molecule has 0 unspecified atom stereocenters. The number of aromatic nitrogens is 2. The lowest BCUT2D eigenvalue weighted by Gasteiger charge is -2.35. The fourth-order valence-electron chi connectivity index (χ4n) is 1.46. The number of nitrogens with zero attached hydrogens (tertiary/aromatic N) is 2. The zero-order valence-electron chi connectivity index (χ0n) is 10.7. The molecule has 100 valence electrons. The number of aliphatic carboxylic acids is 1. The molecule has 3 N–H and O–H groups in total. The number of urea groups is 1. The van der Waals surface area contributed by atoms with E-state index in [1.807, 2.05) is 20.8 Å². The summed E-state index contributed by atoms with van der Waals surface area (Å²) in [5, 5.41) is 17.7. The number of hydrogen-bond acceptors (Lipinski definition) is 3.